The second-order valence-electron chi connectivity index (χ2n) is 1.84. The average molecular weight is 178 g/mol. The summed E-state index contributed by atoms with van der Waals surface area (Å²) >= 11 is 0. The van der Waals surface area contributed by atoms with Crippen molar-refractivity contribution in [2.75, 3.05) is 19.8 Å². The summed E-state index contributed by atoms with van der Waals surface area (Å²) in [7, 11) is 0. The van der Waals surface area contributed by atoms with Crippen LogP contribution in [0, 0.1) is 0 Å². The molecule has 0 heterocycles. The van der Waals surface area contributed by atoms with Crippen LogP contribution in [0.4, 0.5) is 4.79 Å². The lowest BCUT2D eigenvalue weighted by Crippen LogP contribution is -2.05. The van der Waals surface area contributed by atoms with Gasteiger partial charge in [0.1, 0.15) is 0 Å². The Morgan fingerprint density at radius 2 is 1.50 bits per heavy atom. The molecule has 0 atom stereocenters. The number of rotatable bonds is 3. The van der Waals surface area contributed by atoms with Gasteiger partial charge in [0.25, 0.3) is 0 Å². The van der Waals surface area contributed by atoms with Crippen LogP contribution in [-0.2, 0) is 9.47 Å². The second-order valence-corrected chi connectivity index (χ2v) is 1.84. The van der Waals surface area contributed by atoms with E-state index < -0.39 is 6.16 Å². The molecule has 0 aromatic heterocycles. The number of hydrogen-bond donors (Lipinski definition) is 1. The summed E-state index contributed by atoms with van der Waals surface area (Å²) in [6, 6.07) is 0. The molecule has 0 fully saturated rings. The first-order chi connectivity index (χ1) is 5.72. The Bertz CT molecular complexity index is 83.1. The highest BCUT2D eigenvalue weighted by Gasteiger charge is 1.96. The maximum atomic E-state index is 10.2. The number of carbonyl (C=O) groups is 1. The largest absolute Gasteiger partial charge is 0.508 e. The quantitative estimate of drug-likeness (QED) is 0.666. The van der Waals surface area contributed by atoms with Crippen molar-refractivity contribution in [3.8, 4) is 0 Å². The topological polar surface area (TPSA) is 55.8 Å². The number of carbonyl (C=O) groups excluding carboxylic acids is 1. The van der Waals surface area contributed by atoms with E-state index in [1.54, 1.807) is 13.8 Å². The van der Waals surface area contributed by atoms with E-state index in [-0.39, 0.29) is 0 Å². The Balaban J connectivity index is 0. The van der Waals surface area contributed by atoms with Gasteiger partial charge in [0.05, 0.1) is 13.2 Å². The average Bonchev–Trinajstić information content (AvgIpc) is 2.06. The summed E-state index contributed by atoms with van der Waals surface area (Å²) in [6.07, 6.45) is 0.287. The maximum Gasteiger partial charge on any atom is 0.508 e. The molecule has 1 N–H and O–H groups in total. The Morgan fingerprint density at radius 3 is 1.67 bits per heavy atom. The summed E-state index contributed by atoms with van der Waals surface area (Å²) in [5.74, 6) is 0. The number of ether oxygens (including phenoxy) is 2. The highest BCUT2D eigenvalue weighted by atomic mass is 16.7. The van der Waals surface area contributed by atoms with Gasteiger partial charge in [0, 0.05) is 6.61 Å². The Labute approximate surface area is 73.5 Å². The van der Waals surface area contributed by atoms with Crippen LogP contribution in [-0.4, -0.2) is 31.1 Å². The highest BCUT2D eigenvalue weighted by Crippen LogP contribution is 1.81. The third-order valence-corrected chi connectivity index (χ3v) is 0.748. The van der Waals surface area contributed by atoms with Crippen LogP contribution in [0.25, 0.3) is 0 Å². The van der Waals surface area contributed by atoms with E-state index in [9.17, 15) is 4.79 Å². The van der Waals surface area contributed by atoms with Crippen LogP contribution in [0.15, 0.2) is 0 Å². The van der Waals surface area contributed by atoms with E-state index >= 15 is 0 Å². The van der Waals surface area contributed by atoms with E-state index in [1.165, 1.54) is 0 Å². The fourth-order valence-corrected chi connectivity index (χ4v) is 0.277. The molecule has 12 heavy (non-hydrogen) atoms. The van der Waals surface area contributed by atoms with E-state index in [0.717, 1.165) is 6.42 Å². The van der Waals surface area contributed by atoms with Crippen molar-refractivity contribution in [3.05, 3.63) is 0 Å². The van der Waals surface area contributed by atoms with Gasteiger partial charge in [-0.2, -0.15) is 0 Å². The number of hydrogen-bond acceptors (Lipinski definition) is 4. The lowest BCUT2D eigenvalue weighted by molar-refractivity contribution is 0.0630. The van der Waals surface area contributed by atoms with Gasteiger partial charge in [0.2, 0.25) is 0 Å². The molecular weight excluding hydrogens is 160 g/mol. The first-order valence-corrected chi connectivity index (χ1v) is 4.13. The molecule has 74 valence electrons. The first kappa shape index (κ1) is 13.8. The fourth-order valence-electron chi connectivity index (χ4n) is 0.277. The van der Waals surface area contributed by atoms with Gasteiger partial charge in [-0.25, -0.2) is 4.79 Å². The molecule has 4 heteroatoms. The minimum absolute atomic E-state index is 0.319. The molecular formula is C8H18O4. The van der Waals surface area contributed by atoms with Crippen LogP contribution >= 0.6 is 0 Å². The maximum absolute atomic E-state index is 10.2. The van der Waals surface area contributed by atoms with Gasteiger partial charge in [-0.05, 0) is 20.3 Å². The Morgan fingerprint density at radius 1 is 1.17 bits per heavy atom. The Kier molecular flexibility index (Phi) is 14.8. The zero-order valence-corrected chi connectivity index (χ0v) is 8.00. The molecule has 0 amide bonds. The van der Waals surface area contributed by atoms with Crippen molar-refractivity contribution in [1.82, 2.24) is 0 Å². The molecule has 0 aromatic carbocycles. The van der Waals surface area contributed by atoms with Gasteiger partial charge in [-0.1, -0.05) is 6.92 Å². The van der Waals surface area contributed by atoms with Crippen LogP contribution in [0.1, 0.15) is 27.2 Å². The molecule has 0 spiro atoms. The molecule has 0 radical (unpaired) electrons. The van der Waals surface area contributed by atoms with Gasteiger partial charge < -0.3 is 14.6 Å². The highest BCUT2D eigenvalue weighted by molar-refractivity contribution is 5.59. The number of aliphatic hydroxyl groups excluding tert-OH is 1. The monoisotopic (exact) mass is 178 g/mol. The second kappa shape index (κ2) is 12.9. The van der Waals surface area contributed by atoms with Gasteiger partial charge in [-0.3, -0.25) is 0 Å². The normalized spacial score (nSPS) is 8.00. The van der Waals surface area contributed by atoms with Crippen molar-refractivity contribution in [1.29, 1.82) is 0 Å². The zero-order chi connectivity index (χ0) is 9.82. The SMILES string of the molecule is CCCO.CCOC(=O)OCC. The molecule has 0 aliphatic heterocycles. The van der Waals surface area contributed by atoms with Gasteiger partial charge >= 0.3 is 6.16 Å². The molecule has 0 aliphatic carbocycles. The third kappa shape index (κ3) is 16.1. The summed E-state index contributed by atoms with van der Waals surface area (Å²) < 4.78 is 8.84. The molecule has 0 saturated carbocycles. The minimum atomic E-state index is -0.588. The lowest BCUT2D eigenvalue weighted by Gasteiger charge is -1.98. The van der Waals surface area contributed by atoms with Gasteiger partial charge in [-0.15, -0.1) is 0 Å². The molecule has 0 bridgehead atoms. The Hall–Kier alpha value is -0.770. The standard InChI is InChI=1S/C5H10O3.C3H8O/c1-3-7-5(6)8-4-2;1-2-3-4/h3-4H2,1-2H3;4H,2-3H2,1H3. The predicted octanol–water partition coefficient (Wildman–Crippen LogP) is 1.57. The summed E-state index contributed by atoms with van der Waals surface area (Å²) in [5, 5.41) is 7.88. The van der Waals surface area contributed by atoms with Crippen molar-refractivity contribution in [2.24, 2.45) is 0 Å². The summed E-state index contributed by atoms with van der Waals surface area (Å²) in [4.78, 5) is 10.2. The van der Waals surface area contributed by atoms with E-state index in [2.05, 4.69) is 9.47 Å². The zero-order valence-electron chi connectivity index (χ0n) is 8.00. The molecule has 0 unspecified atom stereocenters. The fraction of sp³-hybridized carbons (Fsp3) is 0.875. The van der Waals surface area contributed by atoms with Crippen LogP contribution in [0.2, 0.25) is 0 Å². The van der Waals surface area contributed by atoms with Gasteiger partial charge in [0.15, 0.2) is 0 Å². The van der Waals surface area contributed by atoms with Crippen LogP contribution < -0.4 is 0 Å². The van der Waals surface area contributed by atoms with E-state index in [1.807, 2.05) is 6.92 Å². The molecule has 0 rings (SSSR count). The van der Waals surface area contributed by atoms with Crippen LogP contribution in [0.5, 0.6) is 0 Å². The van der Waals surface area contributed by atoms with Crippen molar-refractivity contribution < 1.29 is 19.4 Å². The first-order valence-electron chi connectivity index (χ1n) is 4.13. The van der Waals surface area contributed by atoms with Crippen molar-refractivity contribution >= 4 is 6.16 Å². The van der Waals surface area contributed by atoms with Crippen LogP contribution in [0.3, 0.4) is 0 Å². The third-order valence-electron chi connectivity index (χ3n) is 0.748. The van der Waals surface area contributed by atoms with E-state index in [4.69, 9.17) is 5.11 Å². The smallest absolute Gasteiger partial charge is 0.435 e. The molecule has 4 nitrogen and oxygen atoms in total. The van der Waals surface area contributed by atoms with E-state index in [0.29, 0.717) is 19.8 Å². The summed E-state index contributed by atoms with van der Waals surface area (Å²) in [6.45, 7) is 6.46. The minimum Gasteiger partial charge on any atom is -0.435 e. The molecule has 0 aromatic rings. The van der Waals surface area contributed by atoms with Crippen molar-refractivity contribution in [3.63, 3.8) is 0 Å². The molecule has 0 aliphatic rings. The predicted molar refractivity (Wildman–Crippen MR) is 46.0 cm³/mol. The lowest BCUT2D eigenvalue weighted by atomic mass is 10.5. The number of aliphatic hydroxyl groups is 1. The van der Waals surface area contributed by atoms with Crippen molar-refractivity contribution in [2.45, 2.75) is 27.2 Å². The molecule has 0 saturated heterocycles. The summed E-state index contributed by atoms with van der Waals surface area (Å²) in [5.41, 5.74) is 0.